The van der Waals surface area contributed by atoms with Crippen LogP contribution >= 0.6 is 0 Å². The summed E-state index contributed by atoms with van der Waals surface area (Å²) in [5, 5.41) is 292. The van der Waals surface area contributed by atoms with E-state index in [0.717, 1.165) is 0 Å². The maximum Gasteiger partial charge on any atom is 0.344 e. The molecular weight excluding hydrogens is 1640 g/mol. The Kier molecular flexibility index (Phi) is 20.4. The number of phenols is 25. The first-order valence-corrected chi connectivity index (χ1v) is 34.1. The highest BCUT2D eigenvalue weighted by molar-refractivity contribution is 6.09. The van der Waals surface area contributed by atoms with Gasteiger partial charge in [-0.25, -0.2) is 33.6 Å². The predicted octanol–water partition coefficient (Wildman–Crippen LogP) is 3.87. The number of hydrogen-bond donors (Lipinski definition) is 26. The third-order valence-corrected chi connectivity index (χ3v) is 19.3. The van der Waals surface area contributed by atoms with Crippen LogP contribution in [0.15, 0.2) is 72.8 Å². The summed E-state index contributed by atoms with van der Waals surface area (Å²) in [7, 11) is 0. The molecule has 121 heavy (non-hydrogen) atoms. The highest BCUT2D eigenvalue weighted by Gasteiger charge is 2.57. The molecule has 10 atom stereocenters. The Labute approximate surface area is 667 Å². The van der Waals surface area contributed by atoms with Gasteiger partial charge >= 0.3 is 41.8 Å². The summed E-state index contributed by atoms with van der Waals surface area (Å²) in [6.45, 7) is -4.93. The maximum absolute atomic E-state index is 15.9. The number of cyclic esters (lactones) is 1. The fourth-order valence-electron chi connectivity index (χ4n) is 13.4. The van der Waals surface area contributed by atoms with Gasteiger partial charge in [0, 0.05) is 40.5 Å². The van der Waals surface area contributed by atoms with Crippen LogP contribution in [0.2, 0.25) is 0 Å². The second-order valence-corrected chi connectivity index (χ2v) is 26.7. The lowest BCUT2D eigenvalue weighted by atomic mass is 9.91. The number of phenolic OH excluding ortho intramolecular Hbond substituents is 25. The number of ether oxygens (including phenoxy) is 13. The van der Waals surface area contributed by atoms with Crippen LogP contribution in [-0.4, -0.2) is 249 Å². The van der Waals surface area contributed by atoms with Crippen molar-refractivity contribution in [2.45, 2.75) is 74.6 Å². The van der Waals surface area contributed by atoms with E-state index in [1.807, 2.05) is 0 Å². The molecule has 632 valence electrons. The van der Waals surface area contributed by atoms with Gasteiger partial charge in [0.2, 0.25) is 58.4 Å². The zero-order valence-electron chi connectivity index (χ0n) is 59.8. The second-order valence-electron chi connectivity index (χ2n) is 26.7. The highest BCUT2D eigenvalue weighted by Crippen LogP contribution is 2.59. The Hall–Kier alpha value is -16.3. The average Bonchev–Trinajstić information content (AvgIpc) is 1.67. The van der Waals surface area contributed by atoms with Crippen LogP contribution in [0, 0.1) is 0 Å². The Morgan fingerprint density at radius 3 is 1.17 bits per heavy atom. The summed E-state index contributed by atoms with van der Waals surface area (Å²) in [6.07, 6.45) is -26.7. The number of aromatic hydroxyl groups is 25. The zero-order chi connectivity index (χ0) is 87.6. The minimum absolute atomic E-state index is 0.180. The number of fused-ring (bicyclic) bond motifs is 8. The summed E-state index contributed by atoms with van der Waals surface area (Å²) >= 11 is 0. The van der Waals surface area contributed by atoms with Crippen molar-refractivity contribution in [2.24, 2.45) is 0 Å². The van der Waals surface area contributed by atoms with Gasteiger partial charge in [-0.2, -0.15) is 0 Å². The molecule has 0 aliphatic carbocycles. The van der Waals surface area contributed by atoms with Crippen LogP contribution in [0.25, 0.3) is 22.3 Å². The SMILES string of the molecule is O=C(OC1C2OC(=O)c3cc(O)c(O)c(O)c3Oc3cc4c(c(O)c3O)-c3c(cc(O)c(O)c3O)COC3C(COC4)OC(O)C(OC(=O)c4cc(O)c(O)c(O)c4Oc4cc5c(c(O)c4O)-c4c(cc(O)c(O)c4O)C(=O)OCC(O2)C(OC5=O)C1OC(=O)c1cc(O)c(O)c(O)c1)C3OC(=O)c1cc(O)c(O)c(O)c1)c1cc(O)c(O)c(O)c1. The molecule has 0 aromatic heterocycles. The van der Waals surface area contributed by atoms with Gasteiger partial charge in [0.05, 0.1) is 47.6 Å². The molecule has 2 fully saturated rings. The molecule has 0 radical (unpaired) electrons. The standard InChI is InChI=1S/C75H56O46/c76-26-1-17(2-27(77)44(26)86)67(101)117-63-61-38-15-109-13-21-8-36(51(93)54(96)41(21)40-20(14-110-61)7-32(82)47(89)53(40)95)112-60-25(11-35(85)50(92)58(60)100)73(107)121-75-66(120-69(103)19-5-30(80)46(88)31(81)6-19)64(118-68(102)18-3-28(78)45(87)29(79)4-18)62-39(115-75)16-111-70(104)22-9-33(83)48(90)55(97)42(22)43-23(71(105)116-62)12-37(52(94)56(43)98)113-59-24(10-34(84)49(91)57(59)99)72(106)119-65(63)74(108)114-38/h1-12,38-39,61-66,74-100,108H,13-16H2. The van der Waals surface area contributed by atoms with E-state index in [1.165, 1.54) is 0 Å². The van der Waals surface area contributed by atoms with Gasteiger partial charge < -0.3 is 194 Å². The summed E-state index contributed by atoms with van der Waals surface area (Å²) in [6, 6.07) is 4.76. The molecule has 9 aromatic carbocycles. The van der Waals surface area contributed by atoms with Crippen LogP contribution in [0.1, 0.15) is 83.6 Å². The van der Waals surface area contributed by atoms with E-state index in [0.29, 0.717) is 48.5 Å². The summed E-state index contributed by atoms with van der Waals surface area (Å²) in [5.41, 5.74) is -14.4. The molecule has 0 amide bonds. The van der Waals surface area contributed by atoms with Crippen LogP contribution in [0.3, 0.4) is 0 Å². The Bertz CT molecular complexity index is 5880. The van der Waals surface area contributed by atoms with E-state index in [1.54, 1.807) is 0 Å². The summed E-state index contributed by atoms with van der Waals surface area (Å²) in [5.74, 6) is -56.5. The van der Waals surface area contributed by atoms with Crippen LogP contribution in [0.5, 0.6) is 167 Å². The van der Waals surface area contributed by atoms with Gasteiger partial charge in [0.15, 0.2) is 151 Å². The quantitative estimate of drug-likeness (QED) is 0.0638. The molecule has 46 heteroatoms. The first-order valence-electron chi connectivity index (χ1n) is 34.1. The molecule has 0 spiro atoms. The van der Waals surface area contributed by atoms with Gasteiger partial charge in [0.25, 0.3) is 0 Å². The number of aliphatic hydroxyl groups is 1. The van der Waals surface area contributed by atoms with E-state index in [-0.39, 0.29) is 24.3 Å². The lowest BCUT2D eigenvalue weighted by molar-refractivity contribution is -0.296. The third kappa shape index (κ3) is 14.1. The summed E-state index contributed by atoms with van der Waals surface area (Å²) < 4.78 is 76.3. The first kappa shape index (κ1) is 81.2. The van der Waals surface area contributed by atoms with Crippen molar-refractivity contribution in [3.8, 4) is 189 Å². The number of hydrogen-bond acceptors (Lipinski definition) is 46. The molecular formula is C75H56O46. The lowest BCUT2D eigenvalue weighted by Crippen LogP contribution is -2.63. The molecule has 46 nitrogen and oxygen atoms in total. The molecule has 15 rings (SSSR count). The molecule has 0 saturated carbocycles. The van der Waals surface area contributed by atoms with E-state index in [9.17, 15) is 152 Å². The number of benzene rings is 9. The van der Waals surface area contributed by atoms with Crippen molar-refractivity contribution in [2.75, 3.05) is 13.2 Å². The van der Waals surface area contributed by atoms with Crippen molar-refractivity contribution < 1.29 is 228 Å². The topological polar surface area (TPSA) is 765 Å². The van der Waals surface area contributed by atoms with Crippen LogP contribution < -0.4 is 9.47 Å². The molecule has 6 aliphatic heterocycles. The molecule has 2 saturated heterocycles. The van der Waals surface area contributed by atoms with E-state index >= 15 is 14.4 Å². The normalized spacial score (nSPS) is 20.7. The molecule has 9 aromatic rings. The van der Waals surface area contributed by atoms with Gasteiger partial charge in [-0.05, 0) is 65.7 Å². The highest BCUT2D eigenvalue weighted by atomic mass is 16.8. The van der Waals surface area contributed by atoms with Crippen molar-refractivity contribution in [1.82, 2.24) is 0 Å². The molecule has 26 N–H and O–H groups in total. The Morgan fingerprint density at radius 1 is 0.314 bits per heavy atom. The predicted molar refractivity (Wildman–Crippen MR) is 377 cm³/mol. The molecule has 6 aliphatic rings. The number of aliphatic hydroxyl groups excluding tert-OH is 1. The third-order valence-electron chi connectivity index (χ3n) is 19.3. The van der Waals surface area contributed by atoms with E-state index in [2.05, 4.69) is 0 Å². The number of rotatable bonds is 6. The monoisotopic (exact) mass is 1690 g/mol. The van der Waals surface area contributed by atoms with Gasteiger partial charge in [-0.1, -0.05) is 0 Å². The van der Waals surface area contributed by atoms with Gasteiger partial charge in [-0.3, -0.25) is 0 Å². The van der Waals surface area contributed by atoms with E-state index < -0.39 is 369 Å². The van der Waals surface area contributed by atoms with Gasteiger partial charge in [-0.15, -0.1) is 0 Å². The Balaban J connectivity index is 1.03. The fraction of sp³-hybridized carbons (Fsp3) is 0.187. The lowest BCUT2D eigenvalue weighted by Gasteiger charge is -2.43. The molecule has 10 bridgehead atoms. The minimum Gasteiger partial charge on any atom is -0.504 e. The summed E-state index contributed by atoms with van der Waals surface area (Å²) in [4.78, 5) is 105. The first-order chi connectivity index (χ1) is 57.1. The van der Waals surface area contributed by atoms with Crippen molar-refractivity contribution >= 4 is 41.8 Å². The van der Waals surface area contributed by atoms with Crippen molar-refractivity contribution in [3.05, 3.63) is 123 Å². The maximum atomic E-state index is 15.9. The number of carbonyl (C=O) groups is 7. The number of esters is 7. The second kappa shape index (κ2) is 30.4. The van der Waals surface area contributed by atoms with Crippen molar-refractivity contribution in [3.63, 3.8) is 0 Å². The van der Waals surface area contributed by atoms with Gasteiger partial charge in [0.1, 0.15) is 36.0 Å². The smallest absolute Gasteiger partial charge is 0.344 e. The largest absolute Gasteiger partial charge is 0.504 e. The number of carbonyl (C=O) groups excluding carboxylic acids is 7. The minimum atomic E-state index is -3.05. The Morgan fingerprint density at radius 2 is 0.678 bits per heavy atom. The van der Waals surface area contributed by atoms with Crippen molar-refractivity contribution in [1.29, 1.82) is 0 Å². The molecule has 6 heterocycles. The molecule has 10 unspecified atom stereocenters. The fourth-order valence-corrected chi connectivity index (χ4v) is 13.4. The van der Waals surface area contributed by atoms with Crippen LogP contribution in [0.4, 0.5) is 0 Å². The van der Waals surface area contributed by atoms with E-state index in [4.69, 9.17) is 61.6 Å². The zero-order valence-corrected chi connectivity index (χ0v) is 59.8. The van der Waals surface area contributed by atoms with Crippen LogP contribution in [-0.2, 0) is 65.3 Å². The average molecular weight is 1690 g/mol.